The maximum Gasteiger partial charge on any atom is 0.363 e. The molecule has 3 rings (SSSR count). The molecular weight excluding hydrogens is 355 g/mol. The highest BCUT2D eigenvalue weighted by Gasteiger charge is 2.25. The minimum atomic E-state index is -0.630. The summed E-state index contributed by atoms with van der Waals surface area (Å²) in [6, 6.07) is 10.4. The number of halogens is 2. The largest absolute Gasteiger partial charge is 0.402 e. The van der Waals surface area contributed by atoms with E-state index in [2.05, 4.69) is 4.99 Å². The normalized spacial score (nSPS) is 15.3. The van der Waals surface area contributed by atoms with Gasteiger partial charge in [-0.2, -0.15) is 0 Å². The van der Waals surface area contributed by atoms with Crippen LogP contribution in [0, 0.1) is 10.1 Å². The van der Waals surface area contributed by atoms with E-state index in [4.69, 9.17) is 27.9 Å². The van der Waals surface area contributed by atoms with Crippen molar-refractivity contribution in [3.05, 3.63) is 79.4 Å². The smallest absolute Gasteiger partial charge is 0.363 e. The van der Waals surface area contributed by atoms with E-state index in [9.17, 15) is 14.9 Å². The Morgan fingerprint density at radius 2 is 1.83 bits per heavy atom. The number of carbonyl (C=O) groups excluding carboxylic acids is 1. The van der Waals surface area contributed by atoms with Gasteiger partial charge in [-0.25, -0.2) is 9.79 Å². The third-order valence-corrected chi connectivity index (χ3v) is 3.74. The number of cyclic esters (lactones) is 1. The fraction of sp³-hybridized carbons (Fsp3) is 0. The predicted octanol–water partition coefficient (Wildman–Crippen LogP) is 4.25. The highest BCUT2D eigenvalue weighted by atomic mass is 35.5. The number of nitrogens with zero attached hydrogens (tertiary/aromatic N) is 2. The van der Waals surface area contributed by atoms with E-state index >= 15 is 0 Å². The van der Waals surface area contributed by atoms with Gasteiger partial charge in [0.05, 0.1) is 15.5 Å². The molecule has 0 aromatic heterocycles. The van der Waals surface area contributed by atoms with Gasteiger partial charge in [-0.15, -0.1) is 0 Å². The topological polar surface area (TPSA) is 81.8 Å². The van der Waals surface area contributed by atoms with Gasteiger partial charge < -0.3 is 4.74 Å². The molecule has 0 unspecified atom stereocenters. The number of rotatable bonds is 3. The second-order valence-electron chi connectivity index (χ2n) is 4.81. The summed E-state index contributed by atoms with van der Waals surface area (Å²) in [5.74, 6) is -0.552. The van der Waals surface area contributed by atoms with Crippen molar-refractivity contribution in [3.63, 3.8) is 0 Å². The lowest BCUT2D eigenvalue weighted by Gasteiger charge is -2.02. The first-order valence-electron chi connectivity index (χ1n) is 6.66. The van der Waals surface area contributed by atoms with E-state index in [1.165, 1.54) is 36.4 Å². The molecule has 2 aromatic rings. The van der Waals surface area contributed by atoms with Gasteiger partial charge in [0.15, 0.2) is 5.70 Å². The monoisotopic (exact) mass is 362 g/mol. The number of nitro benzene ring substituents is 1. The zero-order valence-electron chi connectivity index (χ0n) is 11.9. The number of ether oxygens (including phenoxy) is 1. The number of carbonyl (C=O) groups is 1. The summed E-state index contributed by atoms with van der Waals surface area (Å²) < 4.78 is 5.12. The maximum atomic E-state index is 11.9. The molecule has 0 atom stereocenters. The minimum Gasteiger partial charge on any atom is -0.402 e. The summed E-state index contributed by atoms with van der Waals surface area (Å²) in [5.41, 5.74) is 1.06. The van der Waals surface area contributed by atoms with E-state index in [1.807, 2.05) is 0 Å². The van der Waals surface area contributed by atoms with E-state index in [0.29, 0.717) is 21.2 Å². The van der Waals surface area contributed by atoms with Gasteiger partial charge in [0.25, 0.3) is 5.69 Å². The second-order valence-corrected chi connectivity index (χ2v) is 5.65. The van der Waals surface area contributed by atoms with Crippen molar-refractivity contribution >= 4 is 46.8 Å². The predicted molar refractivity (Wildman–Crippen MR) is 90.2 cm³/mol. The molecular formula is C16H8Cl2N2O4. The lowest BCUT2D eigenvalue weighted by Crippen LogP contribution is -2.05. The lowest BCUT2D eigenvalue weighted by atomic mass is 10.2. The van der Waals surface area contributed by atoms with Crippen LogP contribution in [0.15, 0.2) is 53.2 Å². The standard InChI is InChI=1S/C16H8Cl2N2O4/c17-10-3-6-12(13(18)8-10)15-19-14(16(21)24-15)7-9-1-4-11(5-2-9)20(22)23/h1-8H/b14-7+. The van der Waals surface area contributed by atoms with Gasteiger partial charge in [0, 0.05) is 17.2 Å². The minimum absolute atomic E-state index is 0.0386. The fourth-order valence-corrected chi connectivity index (χ4v) is 2.53. The van der Waals surface area contributed by atoms with Crippen molar-refractivity contribution < 1.29 is 14.5 Å². The molecule has 0 saturated carbocycles. The Hall–Kier alpha value is -2.70. The first kappa shape index (κ1) is 16.2. The molecule has 0 fully saturated rings. The number of aliphatic imine (C=N–C) groups is 1. The van der Waals surface area contributed by atoms with Crippen LogP contribution >= 0.6 is 23.2 Å². The molecule has 0 radical (unpaired) electrons. The Morgan fingerprint density at radius 1 is 1.12 bits per heavy atom. The van der Waals surface area contributed by atoms with E-state index in [1.54, 1.807) is 12.1 Å². The van der Waals surface area contributed by atoms with E-state index < -0.39 is 10.9 Å². The van der Waals surface area contributed by atoms with Crippen LogP contribution in [0.3, 0.4) is 0 Å². The van der Waals surface area contributed by atoms with Crippen LogP contribution in [-0.4, -0.2) is 16.8 Å². The molecule has 1 heterocycles. The fourth-order valence-electron chi connectivity index (χ4n) is 2.04. The average molecular weight is 363 g/mol. The molecule has 1 aliphatic heterocycles. The molecule has 0 amide bonds. The van der Waals surface area contributed by atoms with Crippen LogP contribution in [-0.2, 0) is 9.53 Å². The van der Waals surface area contributed by atoms with Crippen molar-refractivity contribution in [1.82, 2.24) is 0 Å². The van der Waals surface area contributed by atoms with E-state index in [-0.39, 0.29) is 17.3 Å². The van der Waals surface area contributed by atoms with Crippen LogP contribution in [0.4, 0.5) is 5.69 Å². The van der Waals surface area contributed by atoms with Crippen LogP contribution in [0.1, 0.15) is 11.1 Å². The van der Waals surface area contributed by atoms with Crippen LogP contribution in [0.5, 0.6) is 0 Å². The Kier molecular flexibility index (Phi) is 4.33. The molecule has 2 aromatic carbocycles. The van der Waals surface area contributed by atoms with Gasteiger partial charge in [-0.05, 0) is 42.0 Å². The van der Waals surface area contributed by atoms with Crippen LogP contribution < -0.4 is 0 Å². The molecule has 8 heteroatoms. The molecule has 1 aliphatic rings. The summed E-state index contributed by atoms with van der Waals surface area (Å²) in [5, 5.41) is 11.4. The van der Waals surface area contributed by atoms with Gasteiger partial charge in [-0.3, -0.25) is 10.1 Å². The van der Waals surface area contributed by atoms with Crippen LogP contribution in [0.2, 0.25) is 10.0 Å². The number of hydrogen-bond acceptors (Lipinski definition) is 5. The van der Waals surface area contributed by atoms with Crippen molar-refractivity contribution in [1.29, 1.82) is 0 Å². The number of non-ortho nitro benzene ring substituents is 1. The SMILES string of the molecule is O=C1OC(c2ccc(Cl)cc2Cl)=N/C1=C/c1ccc([N+](=O)[O-])cc1. The van der Waals surface area contributed by atoms with Crippen molar-refractivity contribution in [2.24, 2.45) is 4.99 Å². The highest BCUT2D eigenvalue weighted by Crippen LogP contribution is 2.26. The molecule has 120 valence electrons. The summed E-state index contributed by atoms with van der Waals surface area (Å²) in [6.45, 7) is 0. The van der Waals surface area contributed by atoms with Gasteiger partial charge in [0.2, 0.25) is 5.90 Å². The molecule has 6 nitrogen and oxygen atoms in total. The quantitative estimate of drug-likeness (QED) is 0.353. The van der Waals surface area contributed by atoms with Crippen molar-refractivity contribution in [3.8, 4) is 0 Å². The Morgan fingerprint density at radius 3 is 2.46 bits per heavy atom. The van der Waals surface area contributed by atoms with Crippen molar-refractivity contribution in [2.75, 3.05) is 0 Å². The average Bonchev–Trinajstić information content (AvgIpc) is 2.88. The molecule has 0 bridgehead atoms. The third-order valence-electron chi connectivity index (χ3n) is 3.19. The van der Waals surface area contributed by atoms with Gasteiger partial charge >= 0.3 is 5.97 Å². The Balaban J connectivity index is 1.92. The third kappa shape index (κ3) is 3.29. The number of nitro groups is 1. The van der Waals surface area contributed by atoms with E-state index in [0.717, 1.165) is 0 Å². The highest BCUT2D eigenvalue weighted by molar-refractivity contribution is 6.37. The summed E-state index contributed by atoms with van der Waals surface area (Å²) in [7, 11) is 0. The van der Waals surface area contributed by atoms with Crippen molar-refractivity contribution in [2.45, 2.75) is 0 Å². The van der Waals surface area contributed by atoms with Crippen LogP contribution in [0.25, 0.3) is 6.08 Å². The molecule has 24 heavy (non-hydrogen) atoms. The zero-order chi connectivity index (χ0) is 17.3. The summed E-state index contributed by atoms with van der Waals surface area (Å²) >= 11 is 11.9. The summed E-state index contributed by atoms with van der Waals surface area (Å²) in [6.07, 6.45) is 1.48. The molecule has 0 N–H and O–H groups in total. The first-order chi connectivity index (χ1) is 11.4. The number of esters is 1. The van der Waals surface area contributed by atoms with Gasteiger partial charge in [-0.1, -0.05) is 23.2 Å². The maximum absolute atomic E-state index is 11.9. The Bertz CT molecular complexity index is 905. The number of benzene rings is 2. The first-order valence-corrected chi connectivity index (χ1v) is 7.42. The Labute approximate surface area is 146 Å². The summed E-state index contributed by atoms with van der Waals surface area (Å²) in [4.78, 5) is 26.2. The van der Waals surface area contributed by atoms with Gasteiger partial charge in [0.1, 0.15) is 0 Å². The zero-order valence-corrected chi connectivity index (χ0v) is 13.4. The second kappa shape index (κ2) is 6.43. The number of hydrogen-bond donors (Lipinski definition) is 0. The molecule has 0 aliphatic carbocycles. The lowest BCUT2D eigenvalue weighted by molar-refractivity contribution is -0.384. The molecule has 0 saturated heterocycles. The molecule has 0 spiro atoms.